The van der Waals surface area contributed by atoms with Crippen LogP contribution in [0.1, 0.15) is 19.8 Å². The van der Waals surface area contributed by atoms with Crippen molar-refractivity contribution in [3.63, 3.8) is 0 Å². The minimum Gasteiger partial charge on any atom is -0.481 e. The third kappa shape index (κ3) is 1.72. The molecule has 0 spiro atoms. The normalized spacial score (nSPS) is 29.9. The fraction of sp³-hybridized carbons (Fsp3) is 0.857. The first-order valence-electron chi connectivity index (χ1n) is 3.98. The second-order valence-electron chi connectivity index (χ2n) is 3.17. The van der Waals surface area contributed by atoms with Gasteiger partial charge in [0.25, 0.3) is 0 Å². The van der Waals surface area contributed by atoms with Gasteiger partial charge in [0.2, 0.25) is 0 Å². The van der Waals surface area contributed by atoms with Gasteiger partial charge in [-0.25, -0.2) is 0 Å². The van der Waals surface area contributed by atoms with E-state index in [1.807, 2.05) is 6.92 Å². The quantitative estimate of drug-likeness (QED) is 0.627. The fourth-order valence-corrected chi connectivity index (χ4v) is 1.40. The Morgan fingerprint density at radius 2 is 2.25 bits per heavy atom. The molecule has 0 aromatic rings. The zero-order chi connectivity index (χ0) is 9.14. The lowest BCUT2D eigenvalue weighted by atomic mass is 9.95. The Morgan fingerprint density at radius 3 is 2.75 bits per heavy atom. The molecule has 68 valence electrons. The third-order valence-electron chi connectivity index (χ3n) is 2.30. The van der Waals surface area contributed by atoms with E-state index in [2.05, 4.69) is 5.29 Å². The minimum atomic E-state index is -0.837. The average molecular weight is 172 g/mol. The van der Waals surface area contributed by atoms with Crippen LogP contribution in [0.15, 0.2) is 5.29 Å². The van der Waals surface area contributed by atoms with Gasteiger partial charge < -0.3 is 5.11 Å². The number of carbonyl (C=O) groups is 1. The Morgan fingerprint density at radius 1 is 1.58 bits per heavy atom. The van der Waals surface area contributed by atoms with Gasteiger partial charge >= 0.3 is 5.97 Å². The topological polar surface area (TPSA) is 70.0 Å². The molecule has 0 bridgehead atoms. The molecule has 2 atom stereocenters. The molecule has 0 aromatic heterocycles. The molecule has 1 fully saturated rings. The first kappa shape index (κ1) is 8.96. The van der Waals surface area contributed by atoms with E-state index in [-0.39, 0.29) is 12.6 Å². The molecular weight excluding hydrogens is 160 g/mol. The maximum atomic E-state index is 10.6. The molecule has 0 radical (unpaired) electrons. The highest BCUT2D eigenvalue weighted by atomic mass is 16.4. The van der Waals surface area contributed by atoms with Gasteiger partial charge in [-0.1, -0.05) is 0 Å². The Kier molecular flexibility index (Phi) is 2.62. The van der Waals surface area contributed by atoms with Gasteiger partial charge in [-0.05, 0) is 19.8 Å². The standard InChI is InChI=1S/C7H12N2O3/c1-5-2-3-6(7(10)11)4-9(5)8-12/h5-6H,2-4H2,1H3,(H,10,11). The van der Waals surface area contributed by atoms with Crippen molar-refractivity contribution in [1.29, 1.82) is 0 Å². The van der Waals surface area contributed by atoms with Crippen LogP contribution in [0.3, 0.4) is 0 Å². The van der Waals surface area contributed by atoms with Gasteiger partial charge in [-0.2, -0.15) is 0 Å². The van der Waals surface area contributed by atoms with E-state index < -0.39 is 11.9 Å². The first-order valence-corrected chi connectivity index (χ1v) is 3.98. The number of carboxylic acid groups (broad SMARTS) is 1. The SMILES string of the molecule is CC1CCC(C(=O)O)CN1N=O. The molecule has 1 rings (SSSR count). The molecule has 5 heteroatoms. The highest BCUT2D eigenvalue weighted by Gasteiger charge is 2.29. The van der Waals surface area contributed by atoms with E-state index in [1.165, 1.54) is 5.01 Å². The molecule has 5 nitrogen and oxygen atoms in total. The second kappa shape index (κ2) is 3.51. The van der Waals surface area contributed by atoms with Gasteiger partial charge in [0.15, 0.2) is 0 Å². The van der Waals surface area contributed by atoms with E-state index in [0.717, 1.165) is 6.42 Å². The first-order chi connectivity index (χ1) is 5.65. The number of piperidine rings is 1. The summed E-state index contributed by atoms with van der Waals surface area (Å²) in [6, 6.07) is 0.0816. The summed E-state index contributed by atoms with van der Waals surface area (Å²) in [6.45, 7) is 2.12. The monoisotopic (exact) mass is 172 g/mol. The zero-order valence-electron chi connectivity index (χ0n) is 6.93. The molecule has 1 aliphatic heterocycles. The van der Waals surface area contributed by atoms with Crippen LogP contribution in [-0.2, 0) is 4.79 Å². The molecule has 0 amide bonds. The molecule has 2 unspecified atom stereocenters. The summed E-state index contributed by atoms with van der Waals surface area (Å²) in [5, 5.41) is 12.8. The fourth-order valence-electron chi connectivity index (χ4n) is 1.40. The predicted octanol–water partition coefficient (Wildman–Crippen LogP) is 0.853. The van der Waals surface area contributed by atoms with Gasteiger partial charge in [0.1, 0.15) is 0 Å². The Balaban J connectivity index is 2.55. The molecule has 1 saturated heterocycles. The lowest BCUT2D eigenvalue weighted by molar-refractivity contribution is -0.144. The molecule has 1 N–H and O–H groups in total. The zero-order valence-corrected chi connectivity index (χ0v) is 6.93. The number of nitroso groups, excluding NO2 is 1. The molecular formula is C7H12N2O3. The van der Waals surface area contributed by atoms with Gasteiger partial charge in [0.05, 0.1) is 17.7 Å². The highest BCUT2D eigenvalue weighted by molar-refractivity contribution is 5.70. The van der Waals surface area contributed by atoms with Crippen molar-refractivity contribution in [2.24, 2.45) is 11.2 Å². The highest BCUT2D eigenvalue weighted by Crippen LogP contribution is 2.21. The molecule has 0 saturated carbocycles. The largest absolute Gasteiger partial charge is 0.481 e. The summed E-state index contributed by atoms with van der Waals surface area (Å²) in [7, 11) is 0. The Labute approximate surface area is 70.3 Å². The minimum absolute atomic E-state index is 0.0816. The Hall–Kier alpha value is -1.13. The molecule has 1 aliphatic rings. The summed E-state index contributed by atoms with van der Waals surface area (Å²) in [5.41, 5.74) is 0. The summed E-state index contributed by atoms with van der Waals surface area (Å²) < 4.78 is 0. The van der Waals surface area contributed by atoms with E-state index in [1.54, 1.807) is 0 Å². The van der Waals surface area contributed by atoms with Crippen LogP contribution >= 0.6 is 0 Å². The van der Waals surface area contributed by atoms with Crippen LogP contribution in [-0.4, -0.2) is 28.7 Å². The summed E-state index contributed by atoms with van der Waals surface area (Å²) in [4.78, 5) is 20.8. The smallest absolute Gasteiger partial charge is 0.308 e. The number of carboxylic acids is 1. The maximum absolute atomic E-state index is 10.6. The van der Waals surface area contributed by atoms with Crippen molar-refractivity contribution < 1.29 is 9.90 Å². The van der Waals surface area contributed by atoms with Crippen LogP contribution < -0.4 is 0 Å². The Bertz CT molecular complexity index is 195. The number of hydrogen-bond donors (Lipinski definition) is 1. The van der Waals surface area contributed by atoms with E-state index in [0.29, 0.717) is 6.42 Å². The van der Waals surface area contributed by atoms with Crippen LogP contribution in [0.2, 0.25) is 0 Å². The van der Waals surface area contributed by atoms with Gasteiger partial charge in [0, 0.05) is 6.04 Å². The number of rotatable bonds is 2. The van der Waals surface area contributed by atoms with Gasteiger partial charge in [-0.3, -0.25) is 9.80 Å². The van der Waals surface area contributed by atoms with Crippen molar-refractivity contribution in [1.82, 2.24) is 5.01 Å². The van der Waals surface area contributed by atoms with Crippen LogP contribution in [0.4, 0.5) is 0 Å². The molecule has 12 heavy (non-hydrogen) atoms. The average Bonchev–Trinajstić information content (AvgIpc) is 2.05. The van der Waals surface area contributed by atoms with Crippen LogP contribution in [0, 0.1) is 10.8 Å². The number of aliphatic carboxylic acids is 1. The third-order valence-corrected chi connectivity index (χ3v) is 2.30. The number of nitrogens with zero attached hydrogens (tertiary/aromatic N) is 2. The molecule has 0 aromatic carbocycles. The van der Waals surface area contributed by atoms with Crippen molar-refractivity contribution in [2.75, 3.05) is 6.54 Å². The van der Waals surface area contributed by atoms with Crippen molar-refractivity contribution in [2.45, 2.75) is 25.8 Å². The number of hydrogen-bond acceptors (Lipinski definition) is 3. The predicted molar refractivity (Wildman–Crippen MR) is 42.3 cm³/mol. The summed E-state index contributed by atoms with van der Waals surface area (Å²) in [5.74, 6) is -1.27. The van der Waals surface area contributed by atoms with Crippen LogP contribution in [0.25, 0.3) is 0 Å². The van der Waals surface area contributed by atoms with Crippen molar-refractivity contribution >= 4 is 5.97 Å². The maximum Gasteiger partial charge on any atom is 0.308 e. The van der Waals surface area contributed by atoms with Gasteiger partial charge in [-0.15, -0.1) is 4.91 Å². The van der Waals surface area contributed by atoms with E-state index in [4.69, 9.17) is 5.11 Å². The summed E-state index contributed by atoms with van der Waals surface area (Å²) >= 11 is 0. The lowest BCUT2D eigenvalue weighted by Crippen LogP contribution is -2.40. The lowest BCUT2D eigenvalue weighted by Gasteiger charge is -2.31. The van der Waals surface area contributed by atoms with Crippen molar-refractivity contribution in [3.8, 4) is 0 Å². The molecule has 1 heterocycles. The van der Waals surface area contributed by atoms with E-state index in [9.17, 15) is 9.70 Å². The van der Waals surface area contributed by atoms with Crippen LogP contribution in [0.5, 0.6) is 0 Å². The summed E-state index contributed by atoms with van der Waals surface area (Å²) in [6.07, 6.45) is 1.37. The second-order valence-corrected chi connectivity index (χ2v) is 3.17. The van der Waals surface area contributed by atoms with E-state index >= 15 is 0 Å². The molecule has 0 aliphatic carbocycles. The van der Waals surface area contributed by atoms with Crippen molar-refractivity contribution in [3.05, 3.63) is 4.91 Å².